The maximum absolute atomic E-state index is 5.61. The molecule has 3 nitrogen and oxygen atoms in total. The molecule has 3 heteroatoms. The molecule has 1 aromatic carbocycles. The van der Waals surface area contributed by atoms with Crippen LogP contribution in [0.4, 0.5) is 0 Å². The van der Waals surface area contributed by atoms with Gasteiger partial charge in [-0.25, -0.2) is 0 Å². The fraction of sp³-hybridized carbons (Fsp3) is 0.600. The van der Waals surface area contributed by atoms with Crippen LogP contribution in [0.25, 0.3) is 0 Å². The molecule has 0 aromatic heterocycles. The molecular weight excluding hydrogens is 226 g/mol. The fourth-order valence-corrected chi connectivity index (χ4v) is 2.40. The monoisotopic (exact) mass is 249 g/mol. The molecule has 1 aliphatic rings. The van der Waals surface area contributed by atoms with E-state index >= 15 is 0 Å². The third-order valence-electron chi connectivity index (χ3n) is 3.41. The van der Waals surface area contributed by atoms with Crippen LogP contribution in [0.15, 0.2) is 24.3 Å². The van der Waals surface area contributed by atoms with Gasteiger partial charge in [0.05, 0.1) is 13.2 Å². The quantitative estimate of drug-likeness (QED) is 0.754. The SMILES string of the molecule is COc1ccccc1CNCCCC1CCCO1. The first-order valence-corrected chi connectivity index (χ1v) is 6.84. The molecule has 1 saturated heterocycles. The molecule has 18 heavy (non-hydrogen) atoms. The molecule has 100 valence electrons. The summed E-state index contributed by atoms with van der Waals surface area (Å²) < 4.78 is 10.9. The Kier molecular flexibility index (Phi) is 5.49. The summed E-state index contributed by atoms with van der Waals surface area (Å²) in [5.74, 6) is 0.962. The van der Waals surface area contributed by atoms with Gasteiger partial charge in [-0.1, -0.05) is 18.2 Å². The first-order valence-electron chi connectivity index (χ1n) is 6.84. The van der Waals surface area contributed by atoms with E-state index in [0.717, 1.165) is 25.4 Å². The van der Waals surface area contributed by atoms with E-state index in [4.69, 9.17) is 9.47 Å². The van der Waals surface area contributed by atoms with Gasteiger partial charge in [-0.3, -0.25) is 0 Å². The molecule has 2 rings (SSSR count). The van der Waals surface area contributed by atoms with Gasteiger partial charge in [-0.2, -0.15) is 0 Å². The number of methoxy groups -OCH3 is 1. The number of ether oxygens (including phenoxy) is 2. The minimum atomic E-state index is 0.512. The maximum atomic E-state index is 5.61. The second kappa shape index (κ2) is 7.39. The fourth-order valence-electron chi connectivity index (χ4n) is 2.40. The minimum absolute atomic E-state index is 0.512. The van der Waals surface area contributed by atoms with Gasteiger partial charge in [0.1, 0.15) is 5.75 Å². The highest BCUT2D eigenvalue weighted by molar-refractivity contribution is 5.32. The topological polar surface area (TPSA) is 30.5 Å². The van der Waals surface area contributed by atoms with Crippen molar-refractivity contribution in [1.29, 1.82) is 0 Å². The Morgan fingerprint density at radius 3 is 3.06 bits per heavy atom. The number of benzene rings is 1. The normalized spacial score (nSPS) is 19.1. The molecule has 1 unspecified atom stereocenters. The summed E-state index contributed by atoms with van der Waals surface area (Å²) in [5.41, 5.74) is 1.22. The van der Waals surface area contributed by atoms with Crippen molar-refractivity contribution in [2.24, 2.45) is 0 Å². The van der Waals surface area contributed by atoms with Gasteiger partial charge in [0.2, 0.25) is 0 Å². The summed E-state index contributed by atoms with van der Waals surface area (Å²) in [7, 11) is 1.72. The zero-order valence-electron chi connectivity index (χ0n) is 11.2. The van der Waals surface area contributed by atoms with Gasteiger partial charge < -0.3 is 14.8 Å². The molecule has 1 fully saturated rings. The van der Waals surface area contributed by atoms with Crippen molar-refractivity contribution in [1.82, 2.24) is 5.32 Å². The Balaban J connectivity index is 1.62. The zero-order chi connectivity index (χ0) is 12.6. The number of rotatable bonds is 7. The number of nitrogens with one attached hydrogen (secondary N) is 1. The average Bonchev–Trinajstić information content (AvgIpc) is 2.92. The summed E-state index contributed by atoms with van der Waals surface area (Å²) >= 11 is 0. The van der Waals surface area contributed by atoms with E-state index in [9.17, 15) is 0 Å². The lowest BCUT2D eigenvalue weighted by Gasteiger charge is -2.11. The average molecular weight is 249 g/mol. The number of hydrogen-bond donors (Lipinski definition) is 1. The third-order valence-corrected chi connectivity index (χ3v) is 3.41. The molecule has 1 heterocycles. The molecule has 1 N–H and O–H groups in total. The third kappa shape index (κ3) is 4.00. The van der Waals surface area contributed by atoms with Crippen molar-refractivity contribution in [3.63, 3.8) is 0 Å². The van der Waals surface area contributed by atoms with Crippen molar-refractivity contribution in [3.05, 3.63) is 29.8 Å². The highest BCUT2D eigenvalue weighted by atomic mass is 16.5. The molecule has 1 aromatic rings. The number of hydrogen-bond acceptors (Lipinski definition) is 3. The molecule has 0 radical (unpaired) electrons. The van der Waals surface area contributed by atoms with Gasteiger partial charge >= 0.3 is 0 Å². The minimum Gasteiger partial charge on any atom is -0.496 e. The van der Waals surface area contributed by atoms with Gasteiger partial charge in [0.25, 0.3) is 0 Å². The van der Waals surface area contributed by atoms with E-state index in [1.165, 1.54) is 31.2 Å². The second-order valence-corrected chi connectivity index (χ2v) is 4.77. The first kappa shape index (κ1) is 13.4. The van der Waals surface area contributed by atoms with Crippen LogP contribution in [0.5, 0.6) is 5.75 Å². The Bertz CT molecular complexity index is 348. The first-order chi connectivity index (χ1) is 8.90. The van der Waals surface area contributed by atoms with Crippen LogP contribution < -0.4 is 10.1 Å². The predicted molar refractivity (Wildman–Crippen MR) is 72.9 cm³/mol. The van der Waals surface area contributed by atoms with Gasteiger partial charge in [-0.15, -0.1) is 0 Å². The lowest BCUT2D eigenvalue weighted by Crippen LogP contribution is -2.17. The highest BCUT2D eigenvalue weighted by Gasteiger charge is 2.14. The van der Waals surface area contributed by atoms with E-state index in [1.54, 1.807) is 7.11 Å². The van der Waals surface area contributed by atoms with Crippen LogP contribution in [-0.2, 0) is 11.3 Å². The predicted octanol–water partition coefficient (Wildman–Crippen LogP) is 2.74. The smallest absolute Gasteiger partial charge is 0.123 e. The molecule has 0 amide bonds. The van der Waals surface area contributed by atoms with Crippen LogP contribution >= 0.6 is 0 Å². The largest absolute Gasteiger partial charge is 0.496 e. The van der Waals surface area contributed by atoms with Crippen LogP contribution in [0.3, 0.4) is 0 Å². The molecule has 1 aliphatic heterocycles. The van der Waals surface area contributed by atoms with Crippen LogP contribution in [-0.4, -0.2) is 26.4 Å². The standard InChI is InChI=1S/C15H23NO2/c1-17-15-9-3-2-6-13(15)12-16-10-4-7-14-8-5-11-18-14/h2-3,6,9,14,16H,4-5,7-8,10-12H2,1H3. The summed E-state index contributed by atoms with van der Waals surface area (Å²) in [6.07, 6.45) is 5.35. The van der Waals surface area contributed by atoms with Gasteiger partial charge in [-0.05, 0) is 38.3 Å². The summed E-state index contributed by atoms with van der Waals surface area (Å²) in [4.78, 5) is 0. The highest BCUT2D eigenvalue weighted by Crippen LogP contribution is 2.18. The second-order valence-electron chi connectivity index (χ2n) is 4.77. The van der Waals surface area contributed by atoms with Gasteiger partial charge in [0, 0.05) is 18.7 Å². The van der Waals surface area contributed by atoms with Crippen molar-refractivity contribution < 1.29 is 9.47 Å². The van der Waals surface area contributed by atoms with E-state index in [1.807, 2.05) is 18.2 Å². The van der Waals surface area contributed by atoms with E-state index in [2.05, 4.69) is 11.4 Å². The van der Waals surface area contributed by atoms with Crippen molar-refractivity contribution in [3.8, 4) is 5.75 Å². The van der Waals surface area contributed by atoms with Crippen molar-refractivity contribution in [2.45, 2.75) is 38.3 Å². The molecule has 1 atom stereocenters. The van der Waals surface area contributed by atoms with Crippen LogP contribution in [0.2, 0.25) is 0 Å². The lowest BCUT2D eigenvalue weighted by atomic mass is 10.1. The molecule has 0 bridgehead atoms. The van der Waals surface area contributed by atoms with Crippen LogP contribution in [0.1, 0.15) is 31.2 Å². The summed E-state index contributed by atoms with van der Waals surface area (Å²) in [6, 6.07) is 8.15. The van der Waals surface area contributed by atoms with E-state index in [-0.39, 0.29) is 0 Å². The Morgan fingerprint density at radius 2 is 2.28 bits per heavy atom. The molecule has 0 saturated carbocycles. The Labute approximate surface area is 109 Å². The van der Waals surface area contributed by atoms with Crippen molar-refractivity contribution >= 4 is 0 Å². The zero-order valence-corrected chi connectivity index (χ0v) is 11.2. The summed E-state index contributed by atoms with van der Waals surface area (Å²) in [6.45, 7) is 2.87. The van der Waals surface area contributed by atoms with E-state index < -0.39 is 0 Å². The maximum Gasteiger partial charge on any atom is 0.123 e. The van der Waals surface area contributed by atoms with Crippen LogP contribution in [0, 0.1) is 0 Å². The van der Waals surface area contributed by atoms with Gasteiger partial charge in [0.15, 0.2) is 0 Å². The summed E-state index contributed by atoms with van der Waals surface area (Å²) in [5, 5.41) is 3.46. The Morgan fingerprint density at radius 1 is 1.39 bits per heavy atom. The Hall–Kier alpha value is -1.06. The molecule has 0 aliphatic carbocycles. The molecule has 0 spiro atoms. The molecular formula is C15H23NO2. The number of para-hydroxylation sites is 1. The van der Waals surface area contributed by atoms with E-state index in [0.29, 0.717) is 6.10 Å². The lowest BCUT2D eigenvalue weighted by molar-refractivity contribution is 0.102. The van der Waals surface area contributed by atoms with Crippen molar-refractivity contribution in [2.75, 3.05) is 20.3 Å².